The molecule has 2 saturated heterocycles. The van der Waals surface area contributed by atoms with E-state index in [9.17, 15) is 0 Å². The van der Waals surface area contributed by atoms with Crippen LogP contribution in [0.5, 0.6) is 0 Å². The minimum Gasteiger partial charge on any atom is -0.367 e. The third kappa shape index (κ3) is 3.43. The van der Waals surface area contributed by atoms with Crippen LogP contribution in [0.15, 0.2) is 0 Å². The predicted molar refractivity (Wildman–Crippen MR) is 71.2 cm³/mol. The van der Waals surface area contributed by atoms with Crippen LogP contribution in [-0.2, 0) is 4.74 Å². The van der Waals surface area contributed by atoms with Crippen molar-refractivity contribution < 1.29 is 4.74 Å². The average Bonchev–Trinajstić information content (AvgIpc) is 2.45. The predicted octanol–water partition coefficient (Wildman–Crippen LogP) is 1.73. The molecule has 2 fully saturated rings. The van der Waals surface area contributed by atoms with E-state index >= 15 is 0 Å². The van der Waals surface area contributed by atoms with E-state index in [4.69, 9.17) is 4.74 Å². The number of nitrogens with one attached hydrogen (secondary N) is 1. The first-order valence-corrected chi connectivity index (χ1v) is 6.91. The maximum Gasteiger partial charge on any atom is 0.0760 e. The van der Waals surface area contributed by atoms with Crippen LogP contribution in [0.1, 0.15) is 34.6 Å². The summed E-state index contributed by atoms with van der Waals surface area (Å²) in [4.78, 5) is 2.59. The lowest BCUT2D eigenvalue weighted by atomic mass is 9.94. The molecule has 0 saturated carbocycles. The molecule has 0 amide bonds. The largest absolute Gasteiger partial charge is 0.367 e. The molecule has 0 unspecified atom stereocenters. The van der Waals surface area contributed by atoms with Gasteiger partial charge in [0.05, 0.1) is 11.2 Å². The summed E-state index contributed by atoms with van der Waals surface area (Å²) >= 11 is 0. The highest BCUT2D eigenvalue weighted by molar-refractivity contribution is 4.91. The van der Waals surface area contributed by atoms with E-state index in [0.29, 0.717) is 0 Å². The molecule has 0 aromatic heterocycles. The van der Waals surface area contributed by atoms with Gasteiger partial charge in [0.15, 0.2) is 0 Å². The van der Waals surface area contributed by atoms with E-state index in [1.807, 2.05) is 0 Å². The van der Waals surface area contributed by atoms with Gasteiger partial charge in [-0.3, -0.25) is 4.90 Å². The Morgan fingerprint density at radius 1 is 1.12 bits per heavy atom. The smallest absolute Gasteiger partial charge is 0.0760 e. The van der Waals surface area contributed by atoms with Gasteiger partial charge in [-0.25, -0.2) is 0 Å². The van der Waals surface area contributed by atoms with Crippen molar-refractivity contribution >= 4 is 0 Å². The summed E-state index contributed by atoms with van der Waals surface area (Å²) in [6, 6.07) is 0. The second-order valence-electron chi connectivity index (χ2n) is 7.19. The van der Waals surface area contributed by atoms with Crippen molar-refractivity contribution in [2.45, 2.75) is 45.8 Å². The average molecular weight is 240 g/mol. The van der Waals surface area contributed by atoms with Crippen molar-refractivity contribution in [1.29, 1.82) is 0 Å². The summed E-state index contributed by atoms with van der Waals surface area (Å²) in [6.45, 7) is 16.9. The molecule has 0 aromatic carbocycles. The molecule has 2 aliphatic rings. The normalized spacial score (nSPS) is 37.2. The molecule has 0 aromatic rings. The van der Waals surface area contributed by atoms with E-state index in [-0.39, 0.29) is 11.2 Å². The molecule has 0 bridgehead atoms. The molecule has 3 heteroatoms. The third-order valence-electron chi connectivity index (χ3n) is 3.93. The van der Waals surface area contributed by atoms with Crippen LogP contribution in [0.3, 0.4) is 0 Å². The van der Waals surface area contributed by atoms with Crippen LogP contribution in [0.25, 0.3) is 0 Å². The van der Waals surface area contributed by atoms with Crippen molar-refractivity contribution in [2.24, 2.45) is 11.8 Å². The first-order valence-electron chi connectivity index (χ1n) is 6.91. The van der Waals surface area contributed by atoms with E-state index < -0.39 is 0 Å². The maximum atomic E-state index is 6.13. The van der Waals surface area contributed by atoms with Gasteiger partial charge in [-0.1, -0.05) is 6.92 Å². The zero-order valence-corrected chi connectivity index (χ0v) is 12.0. The number of nitrogens with zero attached hydrogens (tertiary/aromatic N) is 1. The van der Waals surface area contributed by atoms with Gasteiger partial charge < -0.3 is 10.1 Å². The van der Waals surface area contributed by atoms with E-state index in [2.05, 4.69) is 44.8 Å². The number of hydrogen-bond acceptors (Lipinski definition) is 3. The zero-order chi connectivity index (χ0) is 12.7. The Morgan fingerprint density at radius 2 is 1.71 bits per heavy atom. The third-order valence-corrected chi connectivity index (χ3v) is 3.93. The number of hydrogen-bond donors (Lipinski definition) is 1. The van der Waals surface area contributed by atoms with Gasteiger partial charge in [-0.05, 0) is 52.6 Å². The first-order chi connectivity index (χ1) is 7.77. The van der Waals surface area contributed by atoms with Crippen LogP contribution in [0.4, 0.5) is 0 Å². The van der Waals surface area contributed by atoms with Gasteiger partial charge in [0.25, 0.3) is 0 Å². The molecule has 1 N–H and O–H groups in total. The van der Waals surface area contributed by atoms with Gasteiger partial charge in [0, 0.05) is 19.6 Å². The van der Waals surface area contributed by atoms with E-state index in [1.54, 1.807) is 0 Å². The summed E-state index contributed by atoms with van der Waals surface area (Å²) < 4.78 is 6.13. The minimum absolute atomic E-state index is 0.0168. The maximum absolute atomic E-state index is 6.13. The molecular formula is C14H28N2O. The molecule has 2 aliphatic heterocycles. The lowest BCUT2D eigenvalue weighted by Crippen LogP contribution is -2.58. The highest BCUT2D eigenvalue weighted by atomic mass is 16.5. The Kier molecular flexibility index (Phi) is 3.54. The topological polar surface area (TPSA) is 24.5 Å². The molecule has 0 spiro atoms. The molecule has 2 heterocycles. The summed E-state index contributed by atoms with van der Waals surface area (Å²) in [5.74, 6) is 1.61. The van der Waals surface area contributed by atoms with Crippen LogP contribution >= 0.6 is 0 Å². The monoisotopic (exact) mass is 240 g/mol. The Balaban J connectivity index is 1.96. The van der Waals surface area contributed by atoms with Crippen molar-refractivity contribution in [2.75, 3.05) is 32.7 Å². The van der Waals surface area contributed by atoms with Gasteiger partial charge >= 0.3 is 0 Å². The van der Waals surface area contributed by atoms with E-state index in [0.717, 1.165) is 24.9 Å². The van der Waals surface area contributed by atoms with Crippen molar-refractivity contribution in [1.82, 2.24) is 10.2 Å². The van der Waals surface area contributed by atoms with Gasteiger partial charge in [0.1, 0.15) is 0 Å². The number of ether oxygens (including phenoxy) is 1. The lowest BCUT2D eigenvalue weighted by Gasteiger charge is -2.48. The molecule has 2 atom stereocenters. The van der Waals surface area contributed by atoms with Crippen LogP contribution < -0.4 is 5.32 Å². The van der Waals surface area contributed by atoms with Gasteiger partial charge in [-0.2, -0.15) is 0 Å². The fourth-order valence-electron chi connectivity index (χ4n) is 3.51. The Labute approximate surface area is 106 Å². The Bertz CT molecular complexity index is 259. The summed E-state index contributed by atoms with van der Waals surface area (Å²) in [5.41, 5.74) is -0.0337. The number of rotatable bonds is 2. The van der Waals surface area contributed by atoms with Gasteiger partial charge in [-0.15, -0.1) is 0 Å². The Morgan fingerprint density at radius 3 is 2.18 bits per heavy atom. The molecule has 0 aliphatic carbocycles. The van der Waals surface area contributed by atoms with E-state index in [1.165, 1.54) is 19.6 Å². The first kappa shape index (κ1) is 13.3. The SMILES string of the molecule is C[C@@H]1CNC[C@H]1CN1CC(C)(C)OC(C)(C)C1. The van der Waals surface area contributed by atoms with Gasteiger partial charge in [0.2, 0.25) is 0 Å². The number of morpholine rings is 1. The molecule has 100 valence electrons. The summed E-state index contributed by atoms with van der Waals surface area (Å²) in [6.07, 6.45) is 0. The zero-order valence-electron chi connectivity index (χ0n) is 12.0. The highest BCUT2D eigenvalue weighted by Gasteiger charge is 2.39. The van der Waals surface area contributed by atoms with Crippen LogP contribution in [0.2, 0.25) is 0 Å². The fraction of sp³-hybridized carbons (Fsp3) is 1.00. The molecule has 17 heavy (non-hydrogen) atoms. The second kappa shape index (κ2) is 4.52. The molecule has 3 nitrogen and oxygen atoms in total. The quantitative estimate of drug-likeness (QED) is 0.795. The van der Waals surface area contributed by atoms with Crippen molar-refractivity contribution in [3.8, 4) is 0 Å². The standard InChI is InChI=1S/C14H28N2O/c1-11-6-15-7-12(11)8-16-9-13(2,3)17-14(4,5)10-16/h11-12,15H,6-10H2,1-5H3/t11-,12+/m1/s1. The molecule has 0 radical (unpaired) electrons. The summed E-state index contributed by atoms with van der Waals surface area (Å²) in [5, 5.41) is 3.50. The highest BCUT2D eigenvalue weighted by Crippen LogP contribution is 2.29. The fourth-order valence-corrected chi connectivity index (χ4v) is 3.51. The molecular weight excluding hydrogens is 212 g/mol. The lowest BCUT2D eigenvalue weighted by molar-refractivity contribution is -0.182. The van der Waals surface area contributed by atoms with Crippen molar-refractivity contribution in [3.05, 3.63) is 0 Å². The molecule has 2 rings (SSSR count). The Hall–Kier alpha value is -0.120. The minimum atomic E-state index is -0.0168. The van der Waals surface area contributed by atoms with Crippen LogP contribution in [-0.4, -0.2) is 48.8 Å². The van der Waals surface area contributed by atoms with Crippen molar-refractivity contribution in [3.63, 3.8) is 0 Å². The van der Waals surface area contributed by atoms with Crippen LogP contribution in [0, 0.1) is 11.8 Å². The summed E-state index contributed by atoms with van der Waals surface area (Å²) in [7, 11) is 0. The second-order valence-corrected chi connectivity index (χ2v) is 7.19.